The maximum absolute atomic E-state index is 12.2. The molecule has 0 heterocycles. The highest BCUT2D eigenvalue weighted by Gasteiger charge is 2.11. The zero-order valence-electron chi connectivity index (χ0n) is 16.1. The summed E-state index contributed by atoms with van der Waals surface area (Å²) in [6.45, 7) is 1.87. The number of amides is 1. The number of carbonyl (C=O) groups is 2. The smallest absolute Gasteiger partial charge is 0.310 e. The van der Waals surface area contributed by atoms with Gasteiger partial charge < -0.3 is 10.1 Å². The molecule has 0 radical (unpaired) electrons. The second kappa shape index (κ2) is 9.70. The SMILES string of the molecule is CCCCc1ccc(NC(=O)COC(=O)Cc2cccc3ccccc23)cc1. The molecule has 3 rings (SSSR count). The van der Waals surface area contributed by atoms with Gasteiger partial charge in [-0.1, -0.05) is 67.9 Å². The van der Waals surface area contributed by atoms with Crippen LogP contribution in [-0.2, 0) is 27.2 Å². The zero-order chi connectivity index (χ0) is 19.8. The maximum Gasteiger partial charge on any atom is 0.310 e. The van der Waals surface area contributed by atoms with E-state index in [-0.39, 0.29) is 18.9 Å². The average Bonchev–Trinajstić information content (AvgIpc) is 2.72. The lowest BCUT2D eigenvalue weighted by atomic mass is 10.0. The van der Waals surface area contributed by atoms with E-state index in [0.29, 0.717) is 5.69 Å². The maximum atomic E-state index is 12.2. The molecule has 0 aromatic heterocycles. The Morgan fingerprint density at radius 1 is 0.929 bits per heavy atom. The minimum absolute atomic E-state index is 0.140. The van der Waals surface area contributed by atoms with E-state index in [1.807, 2.05) is 66.7 Å². The van der Waals surface area contributed by atoms with Crippen molar-refractivity contribution in [3.8, 4) is 0 Å². The molecule has 0 bridgehead atoms. The minimum atomic E-state index is -0.415. The monoisotopic (exact) mass is 375 g/mol. The molecule has 1 amide bonds. The van der Waals surface area contributed by atoms with Crippen LogP contribution in [0.4, 0.5) is 5.69 Å². The summed E-state index contributed by atoms with van der Waals surface area (Å²) in [5, 5.41) is 4.86. The van der Waals surface area contributed by atoms with Gasteiger partial charge in [0.2, 0.25) is 0 Å². The Bertz CT molecular complexity index is 942. The second-order valence-corrected chi connectivity index (χ2v) is 6.82. The van der Waals surface area contributed by atoms with Crippen molar-refractivity contribution < 1.29 is 14.3 Å². The van der Waals surface area contributed by atoms with Crippen molar-refractivity contribution in [1.29, 1.82) is 0 Å². The summed E-state index contributed by atoms with van der Waals surface area (Å²) in [6, 6.07) is 21.5. The quantitative estimate of drug-likeness (QED) is 0.569. The van der Waals surface area contributed by atoms with Crippen molar-refractivity contribution in [2.24, 2.45) is 0 Å². The Hall–Kier alpha value is -3.14. The lowest BCUT2D eigenvalue weighted by molar-refractivity contribution is -0.146. The number of hydrogen-bond acceptors (Lipinski definition) is 3. The number of esters is 1. The molecule has 0 aliphatic carbocycles. The van der Waals surface area contributed by atoms with Crippen molar-refractivity contribution in [3.63, 3.8) is 0 Å². The first-order valence-corrected chi connectivity index (χ1v) is 9.67. The van der Waals surface area contributed by atoms with Crippen molar-refractivity contribution >= 4 is 28.3 Å². The normalized spacial score (nSPS) is 10.6. The van der Waals surface area contributed by atoms with Crippen LogP contribution in [0.25, 0.3) is 10.8 Å². The van der Waals surface area contributed by atoms with Crippen LogP contribution in [0.3, 0.4) is 0 Å². The Morgan fingerprint density at radius 3 is 2.46 bits per heavy atom. The third kappa shape index (κ3) is 5.43. The summed E-state index contributed by atoms with van der Waals surface area (Å²) < 4.78 is 5.15. The Morgan fingerprint density at radius 2 is 1.68 bits per heavy atom. The topological polar surface area (TPSA) is 55.4 Å². The van der Waals surface area contributed by atoms with Gasteiger partial charge in [-0.15, -0.1) is 0 Å². The van der Waals surface area contributed by atoms with Crippen molar-refractivity contribution in [1.82, 2.24) is 0 Å². The summed E-state index contributed by atoms with van der Waals surface area (Å²) >= 11 is 0. The molecule has 144 valence electrons. The van der Waals surface area contributed by atoms with Crippen LogP contribution < -0.4 is 5.32 Å². The van der Waals surface area contributed by atoms with E-state index in [9.17, 15) is 9.59 Å². The molecule has 0 spiro atoms. The first-order chi connectivity index (χ1) is 13.7. The van der Waals surface area contributed by atoms with Gasteiger partial charge in [0.1, 0.15) is 0 Å². The molecule has 0 atom stereocenters. The van der Waals surface area contributed by atoms with Gasteiger partial charge in [0.25, 0.3) is 5.91 Å². The second-order valence-electron chi connectivity index (χ2n) is 6.82. The molecule has 0 saturated carbocycles. The number of unbranched alkanes of at least 4 members (excludes halogenated alkanes) is 1. The highest BCUT2D eigenvalue weighted by molar-refractivity contribution is 5.93. The number of anilines is 1. The van der Waals surface area contributed by atoms with Crippen molar-refractivity contribution in [2.45, 2.75) is 32.6 Å². The Labute approximate surface area is 165 Å². The number of nitrogens with one attached hydrogen (secondary N) is 1. The van der Waals surface area contributed by atoms with Crippen LogP contribution in [0.15, 0.2) is 66.7 Å². The fourth-order valence-electron chi connectivity index (χ4n) is 3.13. The largest absolute Gasteiger partial charge is 0.455 e. The van der Waals surface area contributed by atoms with Crippen LogP contribution in [-0.4, -0.2) is 18.5 Å². The van der Waals surface area contributed by atoms with Crippen LogP contribution in [0.2, 0.25) is 0 Å². The Balaban J connectivity index is 1.49. The van der Waals surface area contributed by atoms with Gasteiger partial charge in [-0.2, -0.15) is 0 Å². The van der Waals surface area contributed by atoms with Crippen LogP contribution in [0.5, 0.6) is 0 Å². The first-order valence-electron chi connectivity index (χ1n) is 9.67. The highest BCUT2D eigenvalue weighted by Crippen LogP contribution is 2.19. The lowest BCUT2D eigenvalue weighted by Crippen LogP contribution is -2.21. The highest BCUT2D eigenvalue weighted by atomic mass is 16.5. The van der Waals surface area contributed by atoms with E-state index < -0.39 is 5.97 Å². The number of fused-ring (bicyclic) bond motifs is 1. The van der Waals surface area contributed by atoms with Crippen molar-refractivity contribution in [3.05, 3.63) is 77.9 Å². The molecule has 0 aliphatic heterocycles. The fourth-order valence-corrected chi connectivity index (χ4v) is 3.13. The van der Waals surface area contributed by atoms with Gasteiger partial charge in [0.05, 0.1) is 6.42 Å². The summed E-state index contributed by atoms with van der Waals surface area (Å²) in [7, 11) is 0. The van der Waals surface area contributed by atoms with E-state index in [2.05, 4.69) is 12.2 Å². The number of aryl methyl sites for hydroxylation is 1. The number of rotatable bonds is 8. The van der Waals surface area contributed by atoms with Gasteiger partial charge in [0.15, 0.2) is 6.61 Å². The van der Waals surface area contributed by atoms with Gasteiger partial charge in [-0.3, -0.25) is 9.59 Å². The first kappa shape index (κ1) is 19.6. The standard InChI is InChI=1S/C24H25NO3/c1-2-3-7-18-12-14-21(15-13-18)25-23(26)17-28-24(27)16-20-10-6-9-19-8-4-5-11-22(19)20/h4-6,8-15H,2-3,7,16-17H2,1H3,(H,25,26). The molecule has 3 aromatic rings. The predicted octanol–water partition coefficient (Wildman–Crippen LogP) is 4.91. The summed E-state index contributed by atoms with van der Waals surface area (Å²) in [5.74, 6) is -0.756. The fraction of sp³-hybridized carbons (Fsp3) is 0.250. The van der Waals surface area contributed by atoms with Gasteiger partial charge in [-0.05, 0) is 46.9 Å². The van der Waals surface area contributed by atoms with Gasteiger partial charge in [-0.25, -0.2) is 0 Å². The van der Waals surface area contributed by atoms with Crippen LogP contribution in [0, 0.1) is 0 Å². The molecular weight excluding hydrogens is 350 g/mol. The number of ether oxygens (including phenoxy) is 1. The third-order valence-corrected chi connectivity index (χ3v) is 4.64. The summed E-state index contributed by atoms with van der Waals surface area (Å²) in [4.78, 5) is 24.2. The molecule has 0 unspecified atom stereocenters. The van der Waals surface area contributed by atoms with Gasteiger partial charge in [0, 0.05) is 5.69 Å². The van der Waals surface area contributed by atoms with E-state index in [1.54, 1.807) is 0 Å². The van der Waals surface area contributed by atoms with Crippen LogP contribution >= 0.6 is 0 Å². The lowest BCUT2D eigenvalue weighted by Gasteiger charge is -2.09. The molecule has 0 aliphatic rings. The summed E-state index contributed by atoms with van der Waals surface area (Å²) in [5.41, 5.74) is 2.85. The summed E-state index contributed by atoms with van der Waals surface area (Å²) in [6.07, 6.45) is 3.48. The third-order valence-electron chi connectivity index (χ3n) is 4.64. The molecule has 0 saturated heterocycles. The van der Waals surface area contributed by atoms with E-state index in [4.69, 9.17) is 4.74 Å². The van der Waals surface area contributed by atoms with E-state index >= 15 is 0 Å². The van der Waals surface area contributed by atoms with Crippen molar-refractivity contribution in [2.75, 3.05) is 11.9 Å². The molecule has 0 fully saturated rings. The predicted molar refractivity (Wildman–Crippen MR) is 112 cm³/mol. The van der Waals surface area contributed by atoms with Crippen LogP contribution in [0.1, 0.15) is 30.9 Å². The van der Waals surface area contributed by atoms with E-state index in [1.165, 1.54) is 5.56 Å². The zero-order valence-corrected chi connectivity index (χ0v) is 16.1. The molecule has 28 heavy (non-hydrogen) atoms. The minimum Gasteiger partial charge on any atom is -0.455 e. The average molecular weight is 375 g/mol. The number of carbonyl (C=O) groups excluding carboxylic acids is 2. The molecular formula is C24H25NO3. The Kier molecular flexibility index (Phi) is 6.79. The van der Waals surface area contributed by atoms with E-state index in [0.717, 1.165) is 35.6 Å². The number of hydrogen-bond donors (Lipinski definition) is 1. The molecule has 1 N–H and O–H groups in total. The van der Waals surface area contributed by atoms with Gasteiger partial charge >= 0.3 is 5.97 Å². The number of benzene rings is 3. The molecule has 3 aromatic carbocycles. The molecule has 4 nitrogen and oxygen atoms in total. The molecule has 4 heteroatoms.